The summed E-state index contributed by atoms with van der Waals surface area (Å²) in [6, 6.07) is 7.91. The third kappa shape index (κ3) is 4.86. The molecule has 2 fully saturated rings. The highest BCUT2D eigenvalue weighted by Gasteiger charge is 2.36. The van der Waals surface area contributed by atoms with Crippen molar-refractivity contribution in [2.45, 2.75) is 43.3 Å². The minimum atomic E-state index is -0.374. The molecular weight excluding hydrogens is 363 g/mol. The molecule has 2 heterocycles. The fourth-order valence-corrected chi connectivity index (χ4v) is 3.70. The fraction of sp³-hybridized carbons (Fsp3) is 0.611. The van der Waals surface area contributed by atoms with Crippen LogP contribution in [0.5, 0.6) is 0 Å². The van der Waals surface area contributed by atoms with E-state index in [1.54, 1.807) is 0 Å². The van der Waals surface area contributed by atoms with Crippen LogP contribution in [0.2, 0.25) is 5.02 Å². The van der Waals surface area contributed by atoms with Crippen LogP contribution in [0.1, 0.15) is 31.2 Å². The van der Waals surface area contributed by atoms with Gasteiger partial charge in [0.1, 0.15) is 6.10 Å². The molecule has 0 saturated carbocycles. The molecule has 2 aliphatic heterocycles. The zero-order chi connectivity index (χ0) is 17.0. The summed E-state index contributed by atoms with van der Waals surface area (Å²) in [5.41, 5.74) is 6.71. The van der Waals surface area contributed by atoms with Crippen molar-refractivity contribution in [2.75, 3.05) is 26.3 Å². The Kier molecular flexibility index (Phi) is 7.52. The number of benzene rings is 1. The number of amides is 1. The lowest BCUT2D eigenvalue weighted by atomic mass is 9.74. The lowest BCUT2D eigenvalue weighted by molar-refractivity contribution is -0.132. The lowest BCUT2D eigenvalue weighted by Gasteiger charge is -2.38. The summed E-state index contributed by atoms with van der Waals surface area (Å²) in [6.45, 7) is 2.46. The molecule has 0 bridgehead atoms. The molecule has 2 saturated heterocycles. The van der Waals surface area contributed by atoms with Gasteiger partial charge in [-0.05, 0) is 43.4 Å². The van der Waals surface area contributed by atoms with Gasteiger partial charge in [0.15, 0.2) is 0 Å². The van der Waals surface area contributed by atoms with E-state index in [1.165, 1.54) is 5.56 Å². The highest BCUT2D eigenvalue weighted by molar-refractivity contribution is 6.30. The molecule has 0 aromatic heterocycles. The Morgan fingerprint density at radius 1 is 1.24 bits per heavy atom. The standard InChI is InChI=1S/C18H25ClN2O3.ClH/c19-14-3-1-13(2-4-14)18(7-9-23-10-8-18)12-21-17(22)16-6-5-15(11-20)24-16;/h1-4,15-16H,5-12,20H2,(H,21,22);1H/t15-,16+;/m1./s1. The second kappa shape index (κ2) is 9.19. The fourth-order valence-electron chi connectivity index (χ4n) is 3.58. The molecule has 1 aromatic carbocycles. The average Bonchev–Trinajstić information content (AvgIpc) is 3.10. The molecular formula is C18H26Cl2N2O3. The molecule has 0 radical (unpaired) electrons. The van der Waals surface area contributed by atoms with Crippen LogP contribution in [0.25, 0.3) is 0 Å². The first-order valence-corrected chi connectivity index (χ1v) is 8.98. The number of rotatable bonds is 5. The molecule has 140 valence electrons. The second-order valence-corrected chi connectivity index (χ2v) is 7.11. The highest BCUT2D eigenvalue weighted by Crippen LogP contribution is 2.35. The van der Waals surface area contributed by atoms with E-state index in [1.807, 2.05) is 12.1 Å². The lowest BCUT2D eigenvalue weighted by Crippen LogP contribution is -2.47. The van der Waals surface area contributed by atoms with Gasteiger partial charge in [-0.3, -0.25) is 4.79 Å². The van der Waals surface area contributed by atoms with Gasteiger partial charge >= 0.3 is 0 Å². The zero-order valence-corrected chi connectivity index (χ0v) is 15.8. The Bertz CT molecular complexity index is 562. The Labute approximate surface area is 160 Å². The first-order valence-electron chi connectivity index (χ1n) is 8.60. The van der Waals surface area contributed by atoms with E-state index in [0.29, 0.717) is 26.3 Å². The zero-order valence-electron chi connectivity index (χ0n) is 14.2. The largest absolute Gasteiger partial charge is 0.381 e. The van der Waals surface area contributed by atoms with Crippen LogP contribution in [0.15, 0.2) is 24.3 Å². The first-order chi connectivity index (χ1) is 11.6. The molecule has 0 spiro atoms. The van der Waals surface area contributed by atoms with Gasteiger partial charge in [0.05, 0.1) is 6.10 Å². The topological polar surface area (TPSA) is 73.6 Å². The second-order valence-electron chi connectivity index (χ2n) is 6.68. The van der Waals surface area contributed by atoms with Gasteiger partial charge in [-0.25, -0.2) is 0 Å². The predicted octanol–water partition coefficient (Wildman–Crippen LogP) is 2.43. The van der Waals surface area contributed by atoms with Crippen LogP contribution in [0.3, 0.4) is 0 Å². The van der Waals surface area contributed by atoms with E-state index in [9.17, 15) is 4.79 Å². The van der Waals surface area contributed by atoms with Crippen LogP contribution < -0.4 is 11.1 Å². The number of nitrogens with one attached hydrogen (secondary N) is 1. The number of carbonyl (C=O) groups is 1. The SMILES string of the molecule is Cl.NC[C@H]1CC[C@@H](C(=O)NCC2(c3ccc(Cl)cc3)CCOCC2)O1. The van der Waals surface area contributed by atoms with Crippen LogP contribution in [0.4, 0.5) is 0 Å². The molecule has 2 aliphatic rings. The number of carbonyl (C=O) groups excluding carboxylic acids is 1. The molecule has 1 aromatic rings. The van der Waals surface area contributed by atoms with Crippen molar-refractivity contribution in [3.8, 4) is 0 Å². The summed E-state index contributed by atoms with van der Waals surface area (Å²) in [7, 11) is 0. The van der Waals surface area contributed by atoms with Crippen molar-refractivity contribution in [2.24, 2.45) is 5.73 Å². The van der Waals surface area contributed by atoms with Gasteiger partial charge in [0.25, 0.3) is 0 Å². The summed E-state index contributed by atoms with van der Waals surface area (Å²) in [5.74, 6) is -0.0363. The molecule has 1 amide bonds. The Morgan fingerprint density at radius 2 is 1.92 bits per heavy atom. The van der Waals surface area contributed by atoms with E-state index < -0.39 is 0 Å². The molecule has 3 N–H and O–H groups in total. The van der Waals surface area contributed by atoms with E-state index >= 15 is 0 Å². The molecule has 2 atom stereocenters. The van der Waals surface area contributed by atoms with Gasteiger partial charge in [-0.1, -0.05) is 23.7 Å². The van der Waals surface area contributed by atoms with Gasteiger partial charge in [0.2, 0.25) is 5.91 Å². The van der Waals surface area contributed by atoms with Gasteiger partial charge < -0.3 is 20.5 Å². The molecule has 5 nitrogen and oxygen atoms in total. The number of nitrogens with two attached hydrogens (primary N) is 1. The number of hydrogen-bond acceptors (Lipinski definition) is 4. The third-order valence-electron chi connectivity index (χ3n) is 5.17. The minimum Gasteiger partial charge on any atom is -0.381 e. The summed E-state index contributed by atoms with van der Waals surface area (Å²) in [5, 5.41) is 3.82. The van der Waals surface area contributed by atoms with Gasteiger partial charge in [0, 0.05) is 36.7 Å². The maximum absolute atomic E-state index is 12.4. The molecule has 0 unspecified atom stereocenters. The average molecular weight is 389 g/mol. The molecule has 3 rings (SSSR count). The van der Waals surface area contributed by atoms with E-state index in [2.05, 4.69) is 17.4 Å². The minimum absolute atomic E-state index is 0. The molecule has 25 heavy (non-hydrogen) atoms. The van der Waals surface area contributed by atoms with Crippen molar-refractivity contribution < 1.29 is 14.3 Å². The number of hydrogen-bond donors (Lipinski definition) is 2. The maximum atomic E-state index is 12.4. The smallest absolute Gasteiger partial charge is 0.249 e. The van der Waals surface area contributed by atoms with Crippen molar-refractivity contribution in [1.29, 1.82) is 0 Å². The number of ether oxygens (including phenoxy) is 2. The summed E-state index contributed by atoms with van der Waals surface area (Å²) < 4.78 is 11.2. The summed E-state index contributed by atoms with van der Waals surface area (Å²) >= 11 is 6.02. The predicted molar refractivity (Wildman–Crippen MR) is 100 cm³/mol. The van der Waals surface area contributed by atoms with Crippen molar-refractivity contribution in [3.63, 3.8) is 0 Å². The maximum Gasteiger partial charge on any atom is 0.249 e. The van der Waals surface area contributed by atoms with Gasteiger partial charge in [-0.15, -0.1) is 12.4 Å². The third-order valence-corrected chi connectivity index (χ3v) is 5.42. The summed E-state index contributed by atoms with van der Waals surface area (Å²) in [4.78, 5) is 12.4. The van der Waals surface area contributed by atoms with Crippen LogP contribution >= 0.6 is 24.0 Å². The normalized spacial score (nSPS) is 25.2. The van der Waals surface area contributed by atoms with Crippen molar-refractivity contribution >= 4 is 29.9 Å². The quantitative estimate of drug-likeness (QED) is 0.812. The van der Waals surface area contributed by atoms with E-state index in [4.69, 9.17) is 26.8 Å². The monoisotopic (exact) mass is 388 g/mol. The van der Waals surface area contributed by atoms with Gasteiger partial charge in [-0.2, -0.15) is 0 Å². The molecule has 7 heteroatoms. The van der Waals surface area contributed by atoms with Crippen LogP contribution in [0, 0.1) is 0 Å². The Balaban J connectivity index is 0.00000225. The summed E-state index contributed by atoms with van der Waals surface area (Å²) in [6.07, 6.45) is 2.99. The Morgan fingerprint density at radius 3 is 2.52 bits per heavy atom. The Hall–Kier alpha value is -0.850. The highest BCUT2D eigenvalue weighted by atomic mass is 35.5. The van der Waals surface area contributed by atoms with Crippen LogP contribution in [-0.2, 0) is 19.7 Å². The van der Waals surface area contributed by atoms with Crippen LogP contribution in [-0.4, -0.2) is 44.4 Å². The van der Waals surface area contributed by atoms with E-state index in [0.717, 1.165) is 30.7 Å². The number of halogens is 2. The van der Waals surface area contributed by atoms with E-state index in [-0.39, 0.29) is 35.9 Å². The first kappa shape index (κ1) is 20.5. The molecule has 0 aliphatic carbocycles. The van der Waals surface area contributed by atoms with Crippen molar-refractivity contribution in [3.05, 3.63) is 34.9 Å². The van der Waals surface area contributed by atoms with Crippen molar-refractivity contribution in [1.82, 2.24) is 5.32 Å².